The van der Waals surface area contributed by atoms with Crippen LogP contribution in [-0.4, -0.2) is 51.4 Å². The molecular weight excluding hydrogens is 382 g/mol. The highest BCUT2D eigenvalue weighted by molar-refractivity contribution is 5.38. The average molecular weight is 408 g/mol. The van der Waals surface area contributed by atoms with Gasteiger partial charge in [0.2, 0.25) is 0 Å². The lowest BCUT2D eigenvalue weighted by Crippen LogP contribution is -2.55. The Balaban J connectivity index is 1.92. The van der Waals surface area contributed by atoms with Gasteiger partial charge in [0.25, 0.3) is 0 Å². The number of benzene rings is 2. The second kappa shape index (κ2) is 8.85. The highest BCUT2D eigenvalue weighted by Gasteiger charge is 2.44. The molecule has 0 aliphatic carbocycles. The molecule has 1 aliphatic heterocycles. The summed E-state index contributed by atoms with van der Waals surface area (Å²) in [6.45, 7) is 3.07. The van der Waals surface area contributed by atoms with E-state index in [2.05, 4.69) is 0 Å². The van der Waals surface area contributed by atoms with Crippen molar-refractivity contribution < 1.29 is 33.9 Å². The molecule has 0 bridgehead atoms. The molecule has 5 nitrogen and oxygen atoms in total. The van der Waals surface area contributed by atoms with Gasteiger partial charge in [-0.15, -0.1) is 0 Å². The molecule has 1 saturated heterocycles. The Hall–Kier alpha value is -1.90. The van der Waals surface area contributed by atoms with E-state index >= 15 is 0 Å². The third-order valence-electron chi connectivity index (χ3n) is 5.60. The summed E-state index contributed by atoms with van der Waals surface area (Å²) < 4.78 is 34.2. The molecule has 3 rings (SSSR count). The molecule has 0 aromatic heterocycles. The summed E-state index contributed by atoms with van der Waals surface area (Å²) >= 11 is 0. The summed E-state index contributed by atoms with van der Waals surface area (Å²) in [6.07, 6.45) is -5.78. The first-order valence-electron chi connectivity index (χ1n) is 9.64. The van der Waals surface area contributed by atoms with Crippen molar-refractivity contribution in [2.24, 2.45) is 0 Å². The Labute approximate surface area is 168 Å². The van der Waals surface area contributed by atoms with Crippen molar-refractivity contribution in [1.29, 1.82) is 0 Å². The summed E-state index contributed by atoms with van der Waals surface area (Å²) in [7, 11) is 0. The summed E-state index contributed by atoms with van der Waals surface area (Å²) in [5.74, 6) is -1.71. The predicted octanol–water partition coefficient (Wildman–Crippen LogP) is 1.94. The predicted molar refractivity (Wildman–Crippen MR) is 102 cm³/mol. The van der Waals surface area contributed by atoms with Gasteiger partial charge in [0.05, 0.1) is 6.61 Å². The van der Waals surface area contributed by atoms with Crippen molar-refractivity contribution in [1.82, 2.24) is 0 Å². The second-order valence-corrected chi connectivity index (χ2v) is 7.48. The van der Waals surface area contributed by atoms with E-state index in [-0.39, 0.29) is 12.0 Å². The largest absolute Gasteiger partial charge is 0.394 e. The summed E-state index contributed by atoms with van der Waals surface area (Å²) in [5, 5.41) is 39.7. The smallest absolute Gasteiger partial charge is 0.162 e. The Morgan fingerprint density at radius 1 is 0.897 bits per heavy atom. The van der Waals surface area contributed by atoms with E-state index in [0.29, 0.717) is 23.1 Å². The lowest BCUT2D eigenvalue weighted by molar-refractivity contribution is -0.231. The number of hydrogen-bond acceptors (Lipinski definition) is 5. The molecule has 4 N–H and O–H groups in total. The number of aliphatic hydroxyl groups is 4. The van der Waals surface area contributed by atoms with Gasteiger partial charge < -0.3 is 25.2 Å². The highest BCUT2D eigenvalue weighted by atomic mass is 19.2. The fraction of sp³-hybridized carbons (Fsp3) is 0.455. The minimum Gasteiger partial charge on any atom is -0.394 e. The van der Waals surface area contributed by atoms with E-state index in [1.54, 1.807) is 37.3 Å². The van der Waals surface area contributed by atoms with Crippen molar-refractivity contribution >= 4 is 0 Å². The van der Waals surface area contributed by atoms with Crippen LogP contribution in [0, 0.1) is 18.6 Å². The normalized spacial score (nSPS) is 27.2. The van der Waals surface area contributed by atoms with Gasteiger partial charge in [-0.2, -0.15) is 0 Å². The fourth-order valence-electron chi connectivity index (χ4n) is 3.68. The molecule has 1 heterocycles. The first kappa shape index (κ1) is 21.8. The van der Waals surface area contributed by atoms with Crippen molar-refractivity contribution in [2.45, 2.75) is 57.2 Å². The molecule has 29 heavy (non-hydrogen) atoms. The van der Waals surface area contributed by atoms with E-state index < -0.39 is 48.8 Å². The molecule has 0 unspecified atom stereocenters. The van der Waals surface area contributed by atoms with Crippen molar-refractivity contribution in [3.05, 3.63) is 69.8 Å². The Morgan fingerprint density at radius 3 is 2.21 bits per heavy atom. The SMILES string of the molecule is CCc1ccc(Cc2cc([C@@H]3O[C@H](CO)[C@@H](O)[C@H](O)[C@H]3O)ccc2C)c(F)c1F. The molecule has 0 radical (unpaired) electrons. The number of hydrogen-bond donors (Lipinski definition) is 4. The molecule has 0 saturated carbocycles. The Morgan fingerprint density at radius 2 is 1.55 bits per heavy atom. The van der Waals surface area contributed by atoms with E-state index in [0.717, 1.165) is 5.56 Å². The Bertz CT molecular complexity index is 871. The topological polar surface area (TPSA) is 90.2 Å². The summed E-state index contributed by atoms with van der Waals surface area (Å²) in [4.78, 5) is 0. The number of aryl methyl sites for hydroxylation is 2. The molecule has 1 aliphatic rings. The van der Waals surface area contributed by atoms with Gasteiger partial charge in [0.1, 0.15) is 30.5 Å². The van der Waals surface area contributed by atoms with E-state index in [1.807, 2.05) is 6.92 Å². The number of ether oxygens (including phenoxy) is 1. The first-order chi connectivity index (χ1) is 13.8. The van der Waals surface area contributed by atoms with Gasteiger partial charge in [-0.3, -0.25) is 0 Å². The van der Waals surface area contributed by atoms with Gasteiger partial charge in [-0.05, 0) is 41.2 Å². The first-order valence-corrected chi connectivity index (χ1v) is 9.64. The number of aliphatic hydroxyl groups excluding tert-OH is 4. The van der Waals surface area contributed by atoms with Crippen molar-refractivity contribution in [3.63, 3.8) is 0 Å². The minimum absolute atomic E-state index is 0.143. The van der Waals surface area contributed by atoms with Gasteiger partial charge in [-0.25, -0.2) is 8.78 Å². The standard InChI is InChI=1S/C22H26F2O5/c1-3-12-6-7-13(18(24)17(12)23)8-15-9-14(5-4-11(15)2)22-21(28)20(27)19(26)16(10-25)29-22/h4-7,9,16,19-22,25-28H,3,8,10H2,1-2H3/t16-,19-,20+,21-,22+/m1/s1. The van der Waals surface area contributed by atoms with Gasteiger partial charge in [0.15, 0.2) is 11.6 Å². The molecule has 7 heteroatoms. The zero-order valence-electron chi connectivity index (χ0n) is 16.3. The van der Waals surface area contributed by atoms with E-state index in [9.17, 15) is 29.2 Å². The summed E-state index contributed by atoms with van der Waals surface area (Å²) in [5.41, 5.74) is 2.60. The molecule has 2 aromatic carbocycles. The molecule has 158 valence electrons. The highest BCUT2D eigenvalue weighted by Crippen LogP contribution is 2.33. The van der Waals surface area contributed by atoms with Crippen LogP contribution in [0.5, 0.6) is 0 Å². The Kier molecular flexibility index (Phi) is 6.65. The van der Waals surface area contributed by atoms with Crippen LogP contribution < -0.4 is 0 Å². The maximum absolute atomic E-state index is 14.4. The lowest BCUT2D eigenvalue weighted by Gasteiger charge is -2.40. The van der Waals surface area contributed by atoms with Gasteiger partial charge in [0, 0.05) is 6.42 Å². The van der Waals surface area contributed by atoms with Crippen LogP contribution in [0.4, 0.5) is 8.78 Å². The van der Waals surface area contributed by atoms with Crippen LogP contribution in [0.15, 0.2) is 30.3 Å². The van der Waals surface area contributed by atoms with Crippen LogP contribution in [0.3, 0.4) is 0 Å². The number of rotatable bonds is 5. The van der Waals surface area contributed by atoms with E-state index in [1.165, 1.54) is 0 Å². The van der Waals surface area contributed by atoms with Crippen LogP contribution in [0.2, 0.25) is 0 Å². The minimum atomic E-state index is -1.48. The molecule has 0 amide bonds. The third kappa shape index (κ3) is 4.20. The molecule has 2 aromatic rings. The zero-order chi connectivity index (χ0) is 21.3. The lowest BCUT2D eigenvalue weighted by atomic mass is 9.89. The molecule has 1 fully saturated rings. The van der Waals surface area contributed by atoms with Crippen LogP contribution in [-0.2, 0) is 17.6 Å². The van der Waals surface area contributed by atoms with E-state index in [4.69, 9.17) is 4.74 Å². The van der Waals surface area contributed by atoms with Gasteiger partial charge in [-0.1, -0.05) is 37.3 Å². The monoisotopic (exact) mass is 408 g/mol. The maximum Gasteiger partial charge on any atom is 0.162 e. The van der Waals surface area contributed by atoms with Crippen molar-refractivity contribution in [2.75, 3.05) is 6.61 Å². The summed E-state index contributed by atoms with van der Waals surface area (Å²) in [6, 6.07) is 8.30. The van der Waals surface area contributed by atoms with Gasteiger partial charge >= 0.3 is 0 Å². The molecule has 5 atom stereocenters. The number of halogens is 2. The maximum atomic E-state index is 14.4. The van der Waals surface area contributed by atoms with Crippen LogP contribution in [0.25, 0.3) is 0 Å². The second-order valence-electron chi connectivity index (χ2n) is 7.48. The van der Waals surface area contributed by atoms with Crippen LogP contribution >= 0.6 is 0 Å². The van der Waals surface area contributed by atoms with Crippen LogP contribution in [0.1, 0.15) is 40.8 Å². The van der Waals surface area contributed by atoms with Crippen molar-refractivity contribution in [3.8, 4) is 0 Å². The zero-order valence-corrected chi connectivity index (χ0v) is 16.3. The third-order valence-corrected chi connectivity index (χ3v) is 5.60. The quantitative estimate of drug-likeness (QED) is 0.607. The molecule has 0 spiro atoms. The fourth-order valence-corrected chi connectivity index (χ4v) is 3.68. The molecular formula is C22H26F2O5. The average Bonchev–Trinajstić information content (AvgIpc) is 2.72.